The van der Waals surface area contributed by atoms with Crippen molar-refractivity contribution in [1.82, 2.24) is 14.7 Å². The van der Waals surface area contributed by atoms with Crippen LogP contribution < -0.4 is 15.7 Å². The summed E-state index contributed by atoms with van der Waals surface area (Å²) < 4.78 is 25.9. The molecule has 0 saturated heterocycles. The lowest BCUT2D eigenvalue weighted by Crippen LogP contribution is -2.19. The van der Waals surface area contributed by atoms with Crippen molar-refractivity contribution < 1.29 is 13.3 Å². The van der Waals surface area contributed by atoms with Crippen LogP contribution in [0, 0.1) is 10.1 Å². The third-order valence-corrected chi connectivity index (χ3v) is 5.57. The first-order valence-corrected chi connectivity index (χ1v) is 9.40. The number of aromatic nitrogens is 2. The first-order valence-electron chi connectivity index (χ1n) is 7.92. The van der Waals surface area contributed by atoms with E-state index in [4.69, 9.17) is 0 Å². The quantitative estimate of drug-likeness (QED) is 0.372. The third-order valence-electron chi connectivity index (χ3n) is 4.16. The molecule has 3 rings (SSSR count). The summed E-state index contributed by atoms with van der Waals surface area (Å²) in [7, 11) is -2.56. The lowest BCUT2D eigenvalue weighted by molar-refractivity contribution is -0.384. The maximum atomic E-state index is 11.9. The summed E-state index contributed by atoms with van der Waals surface area (Å²) in [5.74, 6) is 0. The highest BCUT2D eigenvalue weighted by Gasteiger charge is 2.21. The van der Waals surface area contributed by atoms with Gasteiger partial charge in [-0.2, -0.15) is 0 Å². The molecule has 0 saturated carbocycles. The smallest absolute Gasteiger partial charge is 0.323 e. The Kier molecular flexibility index (Phi) is 4.72. The topological polar surface area (TPSA) is 150 Å². The number of nitrogens with zero attached hydrogens (tertiary/aromatic N) is 1. The molecule has 0 aliphatic carbocycles. The van der Waals surface area contributed by atoms with E-state index in [1.807, 2.05) is 0 Å². The second-order valence-corrected chi connectivity index (χ2v) is 7.78. The molecule has 0 aliphatic heterocycles. The molecular weight excluding hydrogens is 374 g/mol. The second-order valence-electron chi connectivity index (χ2n) is 5.89. The molecule has 4 N–H and O–H groups in total. The summed E-state index contributed by atoms with van der Waals surface area (Å²) in [6.45, 7) is 1.80. The zero-order chi connectivity index (χ0) is 19.8. The zero-order valence-corrected chi connectivity index (χ0v) is 15.3. The molecule has 0 bridgehead atoms. The van der Waals surface area contributed by atoms with Crippen LogP contribution in [-0.2, 0) is 10.0 Å². The van der Waals surface area contributed by atoms with Gasteiger partial charge in [0.2, 0.25) is 10.0 Å². The van der Waals surface area contributed by atoms with Gasteiger partial charge in [-0.05, 0) is 43.8 Å². The molecule has 0 radical (unpaired) electrons. The van der Waals surface area contributed by atoms with E-state index in [1.54, 1.807) is 25.1 Å². The van der Waals surface area contributed by atoms with Crippen molar-refractivity contribution >= 4 is 32.4 Å². The van der Waals surface area contributed by atoms with Gasteiger partial charge in [0.15, 0.2) is 0 Å². The number of imidazole rings is 1. The highest BCUT2D eigenvalue weighted by atomic mass is 32.2. The molecule has 27 heavy (non-hydrogen) atoms. The van der Waals surface area contributed by atoms with Crippen LogP contribution in [0.1, 0.15) is 18.5 Å². The van der Waals surface area contributed by atoms with Gasteiger partial charge in [0.1, 0.15) is 5.69 Å². The number of nitro benzene ring substituents is 1. The van der Waals surface area contributed by atoms with E-state index in [9.17, 15) is 23.3 Å². The highest BCUT2D eigenvalue weighted by molar-refractivity contribution is 7.89. The van der Waals surface area contributed by atoms with Crippen LogP contribution in [0.2, 0.25) is 0 Å². The molecule has 3 aromatic rings. The maximum Gasteiger partial charge on any atom is 0.323 e. The van der Waals surface area contributed by atoms with Crippen molar-refractivity contribution in [1.29, 1.82) is 0 Å². The number of sulfonamides is 1. The predicted molar refractivity (Wildman–Crippen MR) is 100 cm³/mol. The Morgan fingerprint density at radius 2 is 1.81 bits per heavy atom. The Labute approximate surface area is 153 Å². The Hall–Kier alpha value is -3.18. The number of nitrogens with one attached hydrogen (secondary N) is 4. The Bertz CT molecular complexity index is 1180. The Morgan fingerprint density at radius 3 is 2.48 bits per heavy atom. The van der Waals surface area contributed by atoms with E-state index in [-0.39, 0.29) is 28.0 Å². The van der Waals surface area contributed by atoms with Gasteiger partial charge in [0.05, 0.1) is 20.9 Å². The molecule has 2 aromatic carbocycles. The molecule has 0 unspecified atom stereocenters. The fraction of sp³-hybridized carbons (Fsp3) is 0.188. The number of anilines is 1. The average Bonchev–Trinajstić information content (AvgIpc) is 3.00. The van der Waals surface area contributed by atoms with Gasteiger partial charge in [-0.3, -0.25) is 10.1 Å². The fourth-order valence-corrected chi connectivity index (χ4v) is 3.46. The van der Waals surface area contributed by atoms with E-state index in [0.29, 0.717) is 11.0 Å². The summed E-state index contributed by atoms with van der Waals surface area (Å²) in [6.07, 6.45) is 0. The number of hydrogen-bond acceptors (Lipinski definition) is 6. The van der Waals surface area contributed by atoms with Gasteiger partial charge in [-0.15, -0.1) is 0 Å². The molecule has 0 aliphatic rings. The average molecular weight is 391 g/mol. The largest absolute Gasteiger partial charge is 0.373 e. The van der Waals surface area contributed by atoms with Crippen LogP contribution >= 0.6 is 0 Å². The molecule has 0 spiro atoms. The molecule has 1 atom stereocenters. The first-order chi connectivity index (χ1) is 12.7. The van der Waals surface area contributed by atoms with E-state index in [2.05, 4.69) is 20.0 Å². The van der Waals surface area contributed by atoms with Gasteiger partial charge in [0, 0.05) is 12.1 Å². The van der Waals surface area contributed by atoms with E-state index >= 15 is 0 Å². The summed E-state index contributed by atoms with van der Waals surface area (Å²) in [5, 5.41) is 14.4. The van der Waals surface area contributed by atoms with Gasteiger partial charge in [-0.25, -0.2) is 17.9 Å². The number of benzene rings is 2. The number of fused-ring (bicyclic) bond motifs is 1. The molecule has 0 fully saturated rings. The Morgan fingerprint density at radius 1 is 1.11 bits per heavy atom. The molecule has 1 aromatic heterocycles. The summed E-state index contributed by atoms with van der Waals surface area (Å²) >= 11 is 0. The number of rotatable bonds is 6. The summed E-state index contributed by atoms with van der Waals surface area (Å²) in [5.41, 5.74) is 1.58. The normalized spacial score (nSPS) is 12.8. The van der Waals surface area contributed by atoms with E-state index in [0.717, 1.165) is 11.6 Å². The van der Waals surface area contributed by atoms with Crippen LogP contribution in [-0.4, -0.2) is 30.4 Å². The lowest BCUT2D eigenvalue weighted by atomic mass is 10.1. The molecule has 0 amide bonds. The van der Waals surface area contributed by atoms with Crippen molar-refractivity contribution in [3.8, 4) is 0 Å². The molecule has 142 valence electrons. The number of H-pyrrole nitrogens is 2. The minimum Gasteiger partial charge on any atom is -0.373 e. The molecule has 1 heterocycles. The van der Waals surface area contributed by atoms with Crippen molar-refractivity contribution in [2.45, 2.75) is 17.9 Å². The Balaban J connectivity index is 1.95. The van der Waals surface area contributed by atoms with Crippen molar-refractivity contribution in [2.24, 2.45) is 0 Å². The summed E-state index contributed by atoms with van der Waals surface area (Å²) in [4.78, 5) is 27.2. The zero-order valence-electron chi connectivity index (χ0n) is 14.4. The maximum absolute atomic E-state index is 11.9. The SMILES string of the molecule is CNS(=O)(=O)c1ccc(N[C@@H](C)c2ccc3[nH]c(=O)[nH]c3c2)c([N+](=O)[O-])c1. The standard InChI is InChI=1S/C16H17N5O5S/c1-9(10-3-5-12-14(7-10)20-16(22)19-12)18-13-6-4-11(27(25,26)17-2)8-15(13)21(23)24/h3-9,17-18H,1-2H3,(H2,19,20,22)/t9-/m0/s1. The molecular formula is C16H17N5O5S. The van der Waals surface area contributed by atoms with Crippen molar-refractivity contribution in [2.75, 3.05) is 12.4 Å². The van der Waals surface area contributed by atoms with Crippen molar-refractivity contribution in [3.63, 3.8) is 0 Å². The fourth-order valence-electron chi connectivity index (χ4n) is 2.71. The van der Waals surface area contributed by atoms with Gasteiger partial charge < -0.3 is 15.3 Å². The second kappa shape index (κ2) is 6.85. The van der Waals surface area contributed by atoms with E-state index in [1.165, 1.54) is 19.2 Å². The van der Waals surface area contributed by atoms with Gasteiger partial charge in [-0.1, -0.05) is 6.07 Å². The first kappa shape index (κ1) is 18.6. The summed E-state index contributed by atoms with van der Waals surface area (Å²) in [6, 6.07) is 8.60. The van der Waals surface area contributed by atoms with Crippen LogP contribution in [0.5, 0.6) is 0 Å². The lowest BCUT2D eigenvalue weighted by Gasteiger charge is -2.16. The monoisotopic (exact) mass is 391 g/mol. The van der Waals surface area contributed by atoms with Crippen LogP contribution in [0.25, 0.3) is 11.0 Å². The predicted octanol–water partition coefficient (Wildman–Crippen LogP) is 1.85. The molecule has 10 nitrogen and oxygen atoms in total. The van der Waals surface area contributed by atoms with Gasteiger partial charge >= 0.3 is 5.69 Å². The third kappa shape index (κ3) is 3.68. The van der Waals surface area contributed by atoms with Crippen LogP contribution in [0.3, 0.4) is 0 Å². The minimum atomic E-state index is -3.79. The van der Waals surface area contributed by atoms with Crippen molar-refractivity contribution in [3.05, 3.63) is 62.6 Å². The number of aromatic amines is 2. The van der Waals surface area contributed by atoms with E-state index < -0.39 is 14.9 Å². The number of nitro groups is 1. The van der Waals surface area contributed by atoms with Crippen LogP contribution in [0.4, 0.5) is 11.4 Å². The van der Waals surface area contributed by atoms with Gasteiger partial charge in [0.25, 0.3) is 5.69 Å². The van der Waals surface area contributed by atoms with Crippen LogP contribution in [0.15, 0.2) is 46.1 Å². The molecule has 11 heteroatoms. The number of hydrogen-bond donors (Lipinski definition) is 4. The minimum absolute atomic E-state index is 0.185. The highest BCUT2D eigenvalue weighted by Crippen LogP contribution is 2.31.